The van der Waals surface area contributed by atoms with Crippen molar-refractivity contribution in [1.29, 1.82) is 0 Å². The van der Waals surface area contributed by atoms with E-state index in [9.17, 15) is 4.79 Å². The number of nitrogens with zero attached hydrogens (tertiary/aromatic N) is 1. The molecule has 1 aromatic carbocycles. The predicted octanol–water partition coefficient (Wildman–Crippen LogP) is 7.02. The van der Waals surface area contributed by atoms with E-state index >= 15 is 0 Å². The smallest absolute Gasteiger partial charge is 0.230 e. The standard InChI is InChI=1S/C29H48N2OS2/c1-28(2,3)21-17-22(29(4,5)6)19-24(18-21)34-26-13-9-8-12-25(26)33-20-27(32)30-15-14-23-11-10-16-31(23)7/h17-19,23,25-26H,8-16,20H2,1-7H3,(H,30,32)/t23?,25-,26-/m1/s1. The van der Waals surface area contributed by atoms with Crippen molar-refractivity contribution in [1.82, 2.24) is 10.2 Å². The highest BCUT2D eigenvalue weighted by atomic mass is 32.2. The first-order valence-electron chi connectivity index (χ1n) is 13.3. The fraction of sp³-hybridized carbons (Fsp3) is 0.759. The number of carbonyl (C=O) groups excluding carboxylic acids is 1. The first-order valence-corrected chi connectivity index (χ1v) is 15.3. The van der Waals surface area contributed by atoms with Crippen LogP contribution in [0.5, 0.6) is 0 Å². The second kappa shape index (κ2) is 12.1. The number of thioether (sulfide) groups is 2. The summed E-state index contributed by atoms with van der Waals surface area (Å²) in [6.45, 7) is 15.9. The van der Waals surface area contributed by atoms with Crippen LogP contribution in [0.2, 0.25) is 0 Å². The van der Waals surface area contributed by atoms with Gasteiger partial charge < -0.3 is 10.2 Å². The van der Waals surface area contributed by atoms with Crippen LogP contribution < -0.4 is 5.32 Å². The predicted molar refractivity (Wildman–Crippen MR) is 151 cm³/mol. The third-order valence-corrected chi connectivity index (χ3v) is 10.4. The first kappa shape index (κ1) is 27.9. The van der Waals surface area contributed by atoms with Crippen molar-refractivity contribution in [2.45, 2.75) is 119 Å². The fourth-order valence-corrected chi connectivity index (χ4v) is 7.92. The van der Waals surface area contributed by atoms with Gasteiger partial charge >= 0.3 is 0 Å². The van der Waals surface area contributed by atoms with Gasteiger partial charge in [0, 0.05) is 28.0 Å². The lowest BCUT2D eigenvalue weighted by Crippen LogP contribution is -2.33. The molecule has 1 aliphatic carbocycles. The molecule has 2 fully saturated rings. The van der Waals surface area contributed by atoms with E-state index in [0.29, 0.717) is 22.3 Å². The third-order valence-electron chi connectivity index (χ3n) is 7.47. The Balaban J connectivity index is 1.58. The van der Waals surface area contributed by atoms with Gasteiger partial charge in [0.15, 0.2) is 0 Å². The minimum Gasteiger partial charge on any atom is -0.355 e. The summed E-state index contributed by atoms with van der Waals surface area (Å²) in [5, 5.41) is 4.33. The number of benzene rings is 1. The Bertz CT molecular complexity index is 779. The molecule has 1 heterocycles. The van der Waals surface area contributed by atoms with Crippen molar-refractivity contribution in [2.24, 2.45) is 0 Å². The Kier molecular flexibility index (Phi) is 9.91. The molecule has 1 N–H and O–H groups in total. The van der Waals surface area contributed by atoms with Crippen LogP contribution >= 0.6 is 23.5 Å². The van der Waals surface area contributed by atoms with Crippen LogP contribution in [-0.4, -0.2) is 53.2 Å². The molecule has 1 saturated heterocycles. The van der Waals surface area contributed by atoms with Gasteiger partial charge in [-0.15, -0.1) is 23.5 Å². The summed E-state index contributed by atoms with van der Waals surface area (Å²) in [5.41, 5.74) is 3.13. The molecule has 1 saturated carbocycles. The highest BCUT2D eigenvalue weighted by molar-refractivity contribution is 8.04. The molecule has 3 nitrogen and oxygen atoms in total. The Morgan fingerprint density at radius 1 is 0.941 bits per heavy atom. The third kappa shape index (κ3) is 8.20. The molecule has 34 heavy (non-hydrogen) atoms. The van der Waals surface area contributed by atoms with Crippen molar-refractivity contribution in [3.8, 4) is 0 Å². The maximum atomic E-state index is 12.6. The summed E-state index contributed by atoms with van der Waals surface area (Å²) in [5.74, 6) is 0.807. The van der Waals surface area contributed by atoms with Gasteiger partial charge in [-0.05, 0) is 79.8 Å². The van der Waals surface area contributed by atoms with Gasteiger partial charge in [0.25, 0.3) is 0 Å². The normalized spacial score (nSPS) is 24.4. The molecular weight excluding hydrogens is 456 g/mol. The molecule has 3 atom stereocenters. The quantitative estimate of drug-likeness (QED) is 0.412. The van der Waals surface area contributed by atoms with Crippen molar-refractivity contribution in [2.75, 3.05) is 25.9 Å². The van der Waals surface area contributed by atoms with Crippen LogP contribution in [0.1, 0.15) is 97.6 Å². The van der Waals surface area contributed by atoms with E-state index in [1.807, 2.05) is 11.8 Å². The molecule has 5 heteroatoms. The topological polar surface area (TPSA) is 32.3 Å². The van der Waals surface area contributed by atoms with Gasteiger partial charge in [-0.2, -0.15) is 0 Å². The first-order chi connectivity index (χ1) is 15.9. The Morgan fingerprint density at radius 3 is 2.12 bits per heavy atom. The maximum absolute atomic E-state index is 12.6. The van der Waals surface area contributed by atoms with Gasteiger partial charge in [-0.25, -0.2) is 0 Å². The van der Waals surface area contributed by atoms with Crippen molar-refractivity contribution >= 4 is 29.4 Å². The number of hydrogen-bond acceptors (Lipinski definition) is 4. The van der Waals surface area contributed by atoms with Crippen molar-refractivity contribution in [3.63, 3.8) is 0 Å². The highest BCUT2D eigenvalue weighted by Gasteiger charge is 2.29. The average molecular weight is 505 g/mol. The lowest BCUT2D eigenvalue weighted by Gasteiger charge is -2.32. The molecule has 0 bridgehead atoms. The van der Waals surface area contributed by atoms with Gasteiger partial charge in [0.2, 0.25) is 5.91 Å². The second-order valence-corrected chi connectivity index (χ2v) is 15.0. The molecular formula is C29H48N2OS2. The van der Waals surface area contributed by atoms with Crippen LogP contribution in [0.25, 0.3) is 0 Å². The van der Waals surface area contributed by atoms with Gasteiger partial charge in [-0.1, -0.05) is 60.5 Å². The number of rotatable bonds is 8. The van der Waals surface area contributed by atoms with E-state index in [-0.39, 0.29) is 16.7 Å². The molecule has 0 radical (unpaired) electrons. The Morgan fingerprint density at radius 2 is 1.56 bits per heavy atom. The zero-order valence-electron chi connectivity index (χ0n) is 22.7. The minimum atomic E-state index is 0.142. The highest BCUT2D eigenvalue weighted by Crippen LogP contribution is 2.42. The molecule has 1 aliphatic heterocycles. The molecule has 2 aliphatic rings. The van der Waals surface area contributed by atoms with Crippen LogP contribution in [0, 0.1) is 0 Å². The zero-order chi connectivity index (χ0) is 24.9. The van der Waals surface area contributed by atoms with Crippen molar-refractivity contribution in [3.05, 3.63) is 29.3 Å². The molecule has 192 valence electrons. The minimum absolute atomic E-state index is 0.142. The van der Waals surface area contributed by atoms with Crippen LogP contribution in [0.15, 0.2) is 23.1 Å². The SMILES string of the molecule is CN1CCCC1CCNC(=O)CS[C@@H]1CCCC[C@H]1Sc1cc(C(C)(C)C)cc(C(C)(C)C)c1. The molecule has 3 rings (SSSR count). The molecule has 0 spiro atoms. The summed E-state index contributed by atoms with van der Waals surface area (Å²) < 4.78 is 0. The average Bonchev–Trinajstić information content (AvgIpc) is 3.16. The van der Waals surface area contributed by atoms with E-state index in [1.54, 1.807) is 0 Å². The second-order valence-electron chi connectivity index (χ2n) is 12.5. The lowest BCUT2D eigenvalue weighted by molar-refractivity contribution is -0.118. The number of hydrogen-bond donors (Lipinski definition) is 1. The summed E-state index contributed by atoms with van der Waals surface area (Å²) >= 11 is 3.95. The number of nitrogens with one attached hydrogen (secondary N) is 1. The summed E-state index contributed by atoms with van der Waals surface area (Å²) in [4.78, 5) is 16.4. The van der Waals surface area contributed by atoms with E-state index in [4.69, 9.17) is 0 Å². The van der Waals surface area contributed by atoms with Crippen LogP contribution in [-0.2, 0) is 15.6 Å². The monoisotopic (exact) mass is 504 g/mol. The number of carbonyl (C=O) groups is 1. The summed E-state index contributed by atoms with van der Waals surface area (Å²) in [6.07, 6.45) is 8.72. The molecule has 1 aromatic rings. The van der Waals surface area contributed by atoms with E-state index in [1.165, 1.54) is 61.1 Å². The largest absolute Gasteiger partial charge is 0.355 e. The van der Waals surface area contributed by atoms with Crippen LogP contribution in [0.3, 0.4) is 0 Å². The molecule has 1 amide bonds. The van der Waals surface area contributed by atoms with E-state index in [2.05, 4.69) is 88.8 Å². The van der Waals surface area contributed by atoms with E-state index < -0.39 is 0 Å². The lowest BCUT2D eigenvalue weighted by atomic mass is 9.81. The molecule has 0 aromatic heterocycles. The maximum Gasteiger partial charge on any atom is 0.230 e. The number of likely N-dealkylation sites (tertiary alicyclic amines) is 1. The van der Waals surface area contributed by atoms with Gasteiger partial charge in [0.1, 0.15) is 0 Å². The van der Waals surface area contributed by atoms with Crippen molar-refractivity contribution < 1.29 is 4.79 Å². The van der Waals surface area contributed by atoms with Gasteiger partial charge in [0.05, 0.1) is 5.75 Å². The number of amides is 1. The van der Waals surface area contributed by atoms with Crippen LogP contribution in [0.4, 0.5) is 0 Å². The Hall–Kier alpha value is -0.650. The van der Waals surface area contributed by atoms with E-state index in [0.717, 1.165) is 13.0 Å². The zero-order valence-corrected chi connectivity index (χ0v) is 24.3. The Labute approximate surface area is 218 Å². The summed E-state index contributed by atoms with van der Waals surface area (Å²) in [7, 11) is 2.21. The summed E-state index contributed by atoms with van der Waals surface area (Å²) in [6, 6.07) is 7.89. The molecule has 1 unspecified atom stereocenters. The fourth-order valence-electron chi connectivity index (χ4n) is 5.05. The van der Waals surface area contributed by atoms with Gasteiger partial charge in [-0.3, -0.25) is 4.79 Å².